The molecule has 0 saturated carbocycles. The fourth-order valence-corrected chi connectivity index (χ4v) is 2.79. The molecule has 0 amide bonds. The average molecular weight is 265 g/mol. The van der Waals surface area contributed by atoms with E-state index in [0.717, 1.165) is 31.9 Å². The summed E-state index contributed by atoms with van der Waals surface area (Å²) >= 11 is 0. The van der Waals surface area contributed by atoms with Gasteiger partial charge in [-0.25, -0.2) is 9.18 Å². The van der Waals surface area contributed by atoms with Crippen molar-refractivity contribution < 1.29 is 14.3 Å². The molecule has 3 nitrogen and oxygen atoms in total. The molecule has 0 bridgehead atoms. The predicted molar refractivity (Wildman–Crippen MR) is 73.3 cm³/mol. The number of aromatic carboxylic acids is 1. The summed E-state index contributed by atoms with van der Waals surface area (Å²) < 4.78 is 14.1. The first kappa shape index (κ1) is 13.8. The van der Waals surface area contributed by atoms with Crippen LogP contribution >= 0.6 is 0 Å². The number of hydrogen-bond acceptors (Lipinski definition) is 2. The number of carboxylic acid groups (broad SMARTS) is 1. The Bertz CT molecular complexity index is 461. The summed E-state index contributed by atoms with van der Waals surface area (Å²) in [6.45, 7) is 2.97. The maximum absolute atomic E-state index is 14.1. The van der Waals surface area contributed by atoms with Crippen molar-refractivity contribution in [1.82, 2.24) is 0 Å². The van der Waals surface area contributed by atoms with E-state index in [2.05, 4.69) is 11.8 Å². The molecule has 1 aliphatic rings. The van der Waals surface area contributed by atoms with E-state index in [-0.39, 0.29) is 5.56 Å². The lowest BCUT2D eigenvalue weighted by atomic mass is 10.1. The highest BCUT2D eigenvalue weighted by atomic mass is 19.1. The Kier molecular flexibility index (Phi) is 4.40. The molecule has 0 radical (unpaired) electrons. The van der Waals surface area contributed by atoms with Crippen molar-refractivity contribution in [1.29, 1.82) is 0 Å². The molecule has 1 unspecified atom stereocenters. The van der Waals surface area contributed by atoms with Crippen LogP contribution in [0.3, 0.4) is 0 Å². The molecular weight excluding hydrogens is 245 g/mol. The van der Waals surface area contributed by atoms with Gasteiger partial charge in [0.05, 0.1) is 11.3 Å². The number of anilines is 1. The van der Waals surface area contributed by atoms with Crippen molar-refractivity contribution in [3.63, 3.8) is 0 Å². The Hall–Kier alpha value is -1.58. The number of carboxylic acids is 1. The fourth-order valence-electron chi connectivity index (χ4n) is 2.79. The van der Waals surface area contributed by atoms with E-state index in [1.54, 1.807) is 6.07 Å². The summed E-state index contributed by atoms with van der Waals surface area (Å²) in [5.74, 6) is -1.52. The molecule has 19 heavy (non-hydrogen) atoms. The smallest absolute Gasteiger partial charge is 0.335 e. The number of halogens is 1. The largest absolute Gasteiger partial charge is 0.478 e. The van der Waals surface area contributed by atoms with E-state index in [1.165, 1.54) is 18.9 Å². The van der Waals surface area contributed by atoms with Crippen molar-refractivity contribution in [3.05, 3.63) is 29.6 Å². The lowest BCUT2D eigenvalue weighted by molar-refractivity contribution is 0.0696. The van der Waals surface area contributed by atoms with Gasteiger partial charge >= 0.3 is 5.97 Å². The van der Waals surface area contributed by atoms with E-state index < -0.39 is 11.8 Å². The summed E-state index contributed by atoms with van der Waals surface area (Å²) in [6.07, 6.45) is 5.50. The van der Waals surface area contributed by atoms with Gasteiger partial charge in [-0.05, 0) is 37.5 Å². The molecule has 4 heteroatoms. The van der Waals surface area contributed by atoms with Gasteiger partial charge in [0.25, 0.3) is 0 Å². The minimum Gasteiger partial charge on any atom is -0.478 e. The highest BCUT2D eigenvalue weighted by Crippen LogP contribution is 2.28. The lowest BCUT2D eigenvalue weighted by Crippen LogP contribution is -2.35. The van der Waals surface area contributed by atoms with Gasteiger partial charge in [0.1, 0.15) is 5.82 Å². The minimum absolute atomic E-state index is 0.00382. The molecule has 1 saturated heterocycles. The zero-order valence-electron chi connectivity index (χ0n) is 11.2. The minimum atomic E-state index is -1.09. The van der Waals surface area contributed by atoms with Gasteiger partial charge in [-0.2, -0.15) is 0 Å². The van der Waals surface area contributed by atoms with Crippen LogP contribution in [0.2, 0.25) is 0 Å². The first-order valence-electron chi connectivity index (χ1n) is 6.93. The number of nitrogens with zero attached hydrogens (tertiary/aromatic N) is 1. The van der Waals surface area contributed by atoms with Crippen molar-refractivity contribution >= 4 is 11.7 Å². The maximum atomic E-state index is 14.1. The molecular formula is C15H20FNO2. The summed E-state index contributed by atoms with van der Waals surface area (Å²) in [5.41, 5.74) is 0.544. The van der Waals surface area contributed by atoms with E-state index in [9.17, 15) is 9.18 Å². The third-order valence-electron chi connectivity index (χ3n) is 3.85. The Morgan fingerprint density at radius 3 is 2.84 bits per heavy atom. The van der Waals surface area contributed by atoms with Gasteiger partial charge < -0.3 is 10.0 Å². The molecule has 1 fully saturated rings. The summed E-state index contributed by atoms with van der Waals surface area (Å²) in [4.78, 5) is 12.9. The van der Waals surface area contributed by atoms with Crippen LogP contribution in [-0.4, -0.2) is 23.7 Å². The van der Waals surface area contributed by atoms with Crippen molar-refractivity contribution in [3.8, 4) is 0 Å². The molecule has 0 spiro atoms. The van der Waals surface area contributed by atoms with E-state index >= 15 is 0 Å². The number of carbonyl (C=O) groups is 1. The van der Waals surface area contributed by atoms with Crippen LogP contribution in [0.5, 0.6) is 0 Å². The average Bonchev–Trinajstić information content (AvgIpc) is 2.63. The molecule has 2 rings (SSSR count). The first-order valence-corrected chi connectivity index (χ1v) is 6.93. The van der Waals surface area contributed by atoms with Crippen LogP contribution in [0.15, 0.2) is 18.2 Å². The van der Waals surface area contributed by atoms with Crippen LogP contribution in [-0.2, 0) is 0 Å². The highest BCUT2D eigenvalue weighted by Gasteiger charge is 2.22. The number of hydrogen-bond donors (Lipinski definition) is 1. The number of benzene rings is 1. The molecule has 1 N–H and O–H groups in total. The van der Waals surface area contributed by atoms with Crippen LogP contribution < -0.4 is 4.90 Å². The molecule has 1 aromatic rings. The van der Waals surface area contributed by atoms with E-state index in [0.29, 0.717) is 11.7 Å². The summed E-state index contributed by atoms with van der Waals surface area (Å²) in [6, 6.07) is 4.56. The van der Waals surface area contributed by atoms with Gasteiger partial charge in [-0.15, -0.1) is 0 Å². The van der Waals surface area contributed by atoms with Gasteiger partial charge in [-0.1, -0.05) is 19.8 Å². The summed E-state index contributed by atoms with van der Waals surface area (Å²) in [5, 5.41) is 8.87. The zero-order chi connectivity index (χ0) is 13.8. The van der Waals surface area contributed by atoms with Crippen LogP contribution in [0.25, 0.3) is 0 Å². The van der Waals surface area contributed by atoms with E-state index in [4.69, 9.17) is 5.11 Å². The Morgan fingerprint density at radius 2 is 2.21 bits per heavy atom. The van der Waals surface area contributed by atoms with Crippen LogP contribution in [0.1, 0.15) is 49.4 Å². The van der Waals surface area contributed by atoms with Crippen molar-refractivity contribution in [2.75, 3.05) is 11.4 Å². The van der Waals surface area contributed by atoms with E-state index in [1.807, 2.05) is 0 Å². The second-order valence-electron chi connectivity index (χ2n) is 5.08. The third kappa shape index (κ3) is 3.06. The molecule has 0 aliphatic carbocycles. The molecule has 1 aromatic carbocycles. The van der Waals surface area contributed by atoms with Crippen LogP contribution in [0, 0.1) is 5.82 Å². The molecule has 104 valence electrons. The third-order valence-corrected chi connectivity index (χ3v) is 3.85. The fraction of sp³-hybridized carbons (Fsp3) is 0.533. The SMILES string of the molecule is CCC1CCCCCN1c1ccc(C(=O)O)cc1F. The quantitative estimate of drug-likeness (QED) is 0.906. The lowest BCUT2D eigenvalue weighted by Gasteiger charge is -2.31. The van der Waals surface area contributed by atoms with Gasteiger partial charge in [0.15, 0.2) is 0 Å². The topological polar surface area (TPSA) is 40.5 Å². The second-order valence-corrected chi connectivity index (χ2v) is 5.08. The predicted octanol–water partition coefficient (Wildman–Crippen LogP) is 3.68. The molecule has 0 aromatic heterocycles. The van der Waals surface area contributed by atoms with Crippen molar-refractivity contribution in [2.45, 2.75) is 45.1 Å². The van der Waals surface area contributed by atoms with Gasteiger partial charge in [0, 0.05) is 12.6 Å². The van der Waals surface area contributed by atoms with Crippen molar-refractivity contribution in [2.24, 2.45) is 0 Å². The summed E-state index contributed by atoms with van der Waals surface area (Å²) in [7, 11) is 0. The van der Waals surface area contributed by atoms with Gasteiger partial charge in [-0.3, -0.25) is 0 Å². The number of rotatable bonds is 3. The second kappa shape index (κ2) is 6.04. The Balaban J connectivity index is 2.30. The monoisotopic (exact) mass is 265 g/mol. The molecule has 1 heterocycles. The van der Waals surface area contributed by atoms with Crippen LogP contribution in [0.4, 0.5) is 10.1 Å². The first-order chi connectivity index (χ1) is 9.13. The molecule has 1 aliphatic heterocycles. The Labute approximate surface area is 113 Å². The standard InChI is InChI=1S/C15H20FNO2/c1-2-12-6-4-3-5-9-17(12)14-8-7-11(15(18)19)10-13(14)16/h7-8,10,12H,2-6,9H2,1H3,(H,18,19). The normalized spacial score (nSPS) is 20.1. The van der Waals surface area contributed by atoms with Gasteiger partial charge in [0.2, 0.25) is 0 Å². The Morgan fingerprint density at radius 1 is 1.42 bits per heavy atom. The molecule has 1 atom stereocenters. The maximum Gasteiger partial charge on any atom is 0.335 e. The highest BCUT2D eigenvalue weighted by molar-refractivity contribution is 5.88. The zero-order valence-corrected chi connectivity index (χ0v) is 11.2.